The molecule has 0 bridgehead atoms. The molecule has 1 aliphatic heterocycles. The number of benzene rings is 2. The van der Waals surface area contributed by atoms with Crippen molar-refractivity contribution in [1.29, 1.82) is 0 Å². The van der Waals surface area contributed by atoms with Crippen molar-refractivity contribution in [2.24, 2.45) is 4.99 Å². The monoisotopic (exact) mass is 617 g/mol. The first-order valence-corrected chi connectivity index (χ1v) is 12.9. The number of aryl methyl sites for hydroxylation is 1. The first-order valence-electron chi connectivity index (χ1n) is 11.0. The third kappa shape index (κ3) is 6.50. The predicted molar refractivity (Wildman–Crippen MR) is 149 cm³/mol. The topological polar surface area (TPSA) is 94.4 Å². The number of nitrogens with zero attached hydrogens (tertiary/aromatic N) is 1. The van der Waals surface area contributed by atoms with Crippen LogP contribution < -0.4 is 9.47 Å². The molecular formula is C27H24INO6S. The van der Waals surface area contributed by atoms with Crippen LogP contribution in [0, 0.1) is 22.8 Å². The number of amides is 1. The summed E-state index contributed by atoms with van der Waals surface area (Å²) in [4.78, 5) is 29.9. The summed E-state index contributed by atoms with van der Waals surface area (Å²) >= 11 is 3.12. The van der Waals surface area contributed by atoms with Gasteiger partial charge < -0.3 is 19.3 Å². The quantitative estimate of drug-likeness (QED) is 0.230. The molecule has 1 amide bonds. The lowest BCUT2D eigenvalue weighted by Crippen LogP contribution is -2.14. The lowest BCUT2D eigenvalue weighted by molar-refractivity contribution is -0.138. The maximum absolute atomic E-state index is 12.8. The first-order chi connectivity index (χ1) is 17.3. The van der Waals surface area contributed by atoms with Crippen LogP contribution in [0.3, 0.4) is 0 Å². The Bertz CT molecular complexity index is 1300. The number of carbonyl (C=O) groups is 2. The lowest BCUT2D eigenvalue weighted by Gasteiger charge is -2.13. The summed E-state index contributed by atoms with van der Waals surface area (Å²) in [6.07, 6.45) is 6.99. The molecule has 1 heterocycles. The molecule has 0 aliphatic carbocycles. The molecule has 1 N–H and O–H groups in total. The molecule has 0 saturated carbocycles. The summed E-state index contributed by atoms with van der Waals surface area (Å²) in [7, 11) is 0. The Morgan fingerprint density at radius 2 is 1.89 bits per heavy atom. The summed E-state index contributed by atoms with van der Waals surface area (Å²) in [5.74, 6) is 1.85. The molecule has 1 aliphatic rings. The van der Waals surface area contributed by atoms with Gasteiger partial charge in [-0.1, -0.05) is 35.4 Å². The number of halogens is 1. The molecule has 0 radical (unpaired) electrons. The van der Waals surface area contributed by atoms with Gasteiger partial charge in [-0.2, -0.15) is 0 Å². The Morgan fingerprint density at radius 3 is 2.53 bits per heavy atom. The second-order valence-corrected chi connectivity index (χ2v) is 9.59. The van der Waals surface area contributed by atoms with Crippen molar-refractivity contribution in [2.45, 2.75) is 20.8 Å². The second kappa shape index (κ2) is 12.6. The Morgan fingerprint density at radius 1 is 1.17 bits per heavy atom. The van der Waals surface area contributed by atoms with Crippen LogP contribution in [0.4, 0.5) is 0 Å². The molecular weight excluding hydrogens is 593 g/mol. The number of rotatable bonds is 8. The third-order valence-electron chi connectivity index (χ3n) is 4.80. The van der Waals surface area contributed by atoms with E-state index in [0.29, 0.717) is 34.1 Å². The molecule has 186 valence electrons. The fourth-order valence-corrected chi connectivity index (χ4v) is 4.98. The minimum atomic E-state index is -0.760. The number of ether oxygens (including phenoxy) is 3. The normalized spacial score (nSPS) is 15.2. The molecule has 0 fully saturated rings. The van der Waals surface area contributed by atoms with E-state index >= 15 is 0 Å². The van der Waals surface area contributed by atoms with Crippen LogP contribution in [0.1, 0.15) is 35.3 Å². The van der Waals surface area contributed by atoms with Crippen molar-refractivity contribution in [1.82, 2.24) is 0 Å². The molecule has 2 aromatic carbocycles. The molecule has 7 nitrogen and oxygen atoms in total. The number of thioether (sulfide) groups is 1. The van der Waals surface area contributed by atoms with E-state index in [1.54, 1.807) is 43.3 Å². The van der Waals surface area contributed by atoms with Gasteiger partial charge in [0.15, 0.2) is 11.5 Å². The fraction of sp³-hybridized carbons (Fsp3) is 0.222. The number of aliphatic hydroxyl groups is 1. The van der Waals surface area contributed by atoms with Crippen LogP contribution in [0.5, 0.6) is 11.5 Å². The molecule has 2 aromatic rings. The number of hydrogen-bond acceptors (Lipinski definition) is 7. The molecule has 36 heavy (non-hydrogen) atoms. The van der Waals surface area contributed by atoms with Gasteiger partial charge in [0, 0.05) is 5.56 Å². The van der Waals surface area contributed by atoms with Crippen molar-refractivity contribution < 1.29 is 28.9 Å². The SMILES string of the molecule is C#CCOc1c(I)cc(/C=C2\SC(=NC(=O)c3ccc(C)cc3)C(C(=O)OCC)=C2O)cc1OCC. The van der Waals surface area contributed by atoms with Crippen LogP contribution in [0.2, 0.25) is 0 Å². The molecule has 9 heteroatoms. The number of carbonyl (C=O) groups excluding carboxylic acids is 2. The van der Waals surface area contributed by atoms with E-state index in [0.717, 1.165) is 20.9 Å². The fourth-order valence-electron chi connectivity index (χ4n) is 3.18. The van der Waals surface area contributed by atoms with E-state index < -0.39 is 11.9 Å². The highest BCUT2D eigenvalue weighted by atomic mass is 127. The first kappa shape index (κ1) is 27.4. The van der Waals surface area contributed by atoms with Gasteiger partial charge in [-0.3, -0.25) is 4.79 Å². The summed E-state index contributed by atoms with van der Waals surface area (Å²) in [6.45, 7) is 6.03. The average molecular weight is 617 g/mol. The zero-order valence-corrected chi connectivity index (χ0v) is 22.9. The highest BCUT2D eigenvalue weighted by molar-refractivity contribution is 14.1. The number of terminal acetylenes is 1. The highest BCUT2D eigenvalue weighted by Crippen LogP contribution is 2.41. The van der Waals surface area contributed by atoms with Crippen molar-refractivity contribution in [3.05, 3.63) is 72.9 Å². The number of aliphatic hydroxyl groups excluding tert-OH is 1. The molecule has 0 unspecified atom stereocenters. The molecule has 0 atom stereocenters. The zero-order chi connectivity index (χ0) is 26.2. The Balaban J connectivity index is 2.03. The third-order valence-corrected chi connectivity index (χ3v) is 6.62. The zero-order valence-electron chi connectivity index (χ0n) is 20.0. The largest absolute Gasteiger partial charge is 0.506 e. The predicted octanol–water partition coefficient (Wildman–Crippen LogP) is 5.71. The number of aliphatic imine (C=N–C) groups is 1. The van der Waals surface area contributed by atoms with Crippen LogP contribution >= 0.6 is 34.4 Å². The van der Waals surface area contributed by atoms with Crippen molar-refractivity contribution in [2.75, 3.05) is 19.8 Å². The summed E-state index contributed by atoms with van der Waals surface area (Å²) in [6, 6.07) is 10.5. The van der Waals surface area contributed by atoms with Gasteiger partial charge in [-0.15, -0.1) is 6.42 Å². The molecule has 0 spiro atoms. The number of hydrogen-bond donors (Lipinski definition) is 1. The van der Waals surface area contributed by atoms with E-state index in [9.17, 15) is 14.7 Å². The van der Waals surface area contributed by atoms with Gasteiger partial charge in [0.1, 0.15) is 23.0 Å². The van der Waals surface area contributed by atoms with E-state index in [1.807, 2.05) is 19.9 Å². The lowest BCUT2D eigenvalue weighted by atomic mass is 10.1. The van der Waals surface area contributed by atoms with Crippen molar-refractivity contribution in [3.63, 3.8) is 0 Å². The maximum Gasteiger partial charge on any atom is 0.344 e. The van der Waals surface area contributed by atoms with Crippen LogP contribution in [0.15, 0.2) is 57.6 Å². The van der Waals surface area contributed by atoms with E-state index in [2.05, 4.69) is 33.5 Å². The summed E-state index contributed by atoms with van der Waals surface area (Å²) in [5.41, 5.74) is 1.90. The van der Waals surface area contributed by atoms with E-state index in [4.69, 9.17) is 20.6 Å². The van der Waals surface area contributed by atoms with Crippen LogP contribution in [-0.2, 0) is 9.53 Å². The van der Waals surface area contributed by atoms with Crippen molar-refractivity contribution in [3.8, 4) is 23.8 Å². The Hall–Kier alpha value is -3.23. The van der Waals surface area contributed by atoms with E-state index in [1.165, 1.54) is 0 Å². The van der Waals surface area contributed by atoms with Gasteiger partial charge in [-0.05, 0) is 79.3 Å². The Labute approximate surface area is 227 Å². The van der Waals surface area contributed by atoms with Gasteiger partial charge in [-0.25, -0.2) is 9.79 Å². The van der Waals surface area contributed by atoms with Gasteiger partial charge in [0.25, 0.3) is 5.91 Å². The van der Waals surface area contributed by atoms with Gasteiger partial charge >= 0.3 is 5.97 Å². The maximum atomic E-state index is 12.8. The standard InChI is InChI=1S/C27H24INO6S/c1-5-12-35-24-19(28)13-17(14-20(24)33-6-2)15-21-23(30)22(27(32)34-7-3)26(36-21)29-25(31)18-10-8-16(4)9-11-18/h1,8-11,13-15,30H,6-7,12H2,2-4H3/b21-15-,29-26?. The van der Waals surface area contributed by atoms with E-state index in [-0.39, 0.29) is 29.6 Å². The van der Waals surface area contributed by atoms with Crippen molar-refractivity contribution >= 4 is 57.3 Å². The summed E-state index contributed by atoms with van der Waals surface area (Å²) in [5, 5.41) is 11.0. The Kier molecular flexibility index (Phi) is 9.61. The average Bonchev–Trinajstić information content (AvgIpc) is 3.13. The molecule has 0 aromatic heterocycles. The van der Waals surface area contributed by atoms with Crippen LogP contribution in [0.25, 0.3) is 6.08 Å². The second-order valence-electron chi connectivity index (χ2n) is 7.40. The highest BCUT2D eigenvalue weighted by Gasteiger charge is 2.34. The smallest absolute Gasteiger partial charge is 0.344 e. The minimum Gasteiger partial charge on any atom is -0.506 e. The molecule has 3 rings (SSSR count). The minimum absolute atomic E-state index is 0.0662. The van der Waals surface area contributed by atoms with Gasteiger partial charge in [0.05, 0.1) is 21.7 Å². The van der Waals surface area contributed by atoms with Gasteiger partial charge in [0.2, 0.25) is 0 Å². The number of esters is 1. The summed E-state index contributed by atoms with van der Waals surface area (Å²) < 4.78 is 17.2. The molecule has 0 saturated heterocycles. The van der Waals surface area contributed by atoms with Crippen LogP contribution in [-0.4, -0.2) is 41.8 Å².